The zero-order valence-corrected chi connectivity index (χ0v) is 25.2. The van der Waals surface area contributed by atoms with E-state index in [0.717, 1.165) is 9.87 Å². The molecule has 0 fully saturated rings. The summed E-state index contributed by atoms with van der Waals surface area (Å²) in [6, 6.07) is 5.37. The fourth-order valence-corrected chi connectivity index (χ4v) is 7.66. The van der Waals surface area contributed by atoms with Gasteiger partial charge in [0.2, 0.25) is 15.9 Å². The highest BCUT2D eigenvalue weighted by molar-refractivity contribution is 7.89. The minimum absolute atomic E-state index is 0.119. The van der Waals surface area contributed by atoms with E-state index in [9.17, 15) is 26.4 Å². The minimum atomic E-state index is -4.34. The van der Waals surface area contributed by atoms with Crippen LogP contribution in [0, 0.1) is 19.7 Å². The van der Waals surface area contributed by atoms with Gasteiger partial charge in [0.1, 0.15) is 16.8 Å². The van der Waals surface area contributed by atoms with Gasteiger partial charge in [0.15, 0.2) is 0 Å². The van der Waals surface area contributed by atoms with E-state index in [1.54, 1.807) is 31.7 Å². The first-order chi connectivity index (χ1) is 19.7. The van der Waals surface area contributed by atoms with E-state index in [-0.39, 0.29) is 46.6 Å². The van der Waals surface area contributed by atoms with Gasteiger partial charge >= 0.3 is 11.9 Å². The number of fused-ring (bicyclic) bond motifs is 1. The molecule has 0 radical (unpaired) electrons. The Kier molecular flexibility index (Phi) is 9.43. The number of aromatic amines is 1. The van der Waals surface area contributed by atoms with E-state index in [1.165, 1.54) is 24.3 Å². The Hall–Kier alpha value is -2.90. The van der Waals surface area contributed by atoms with Crippen molar-refractivity contribution in [2.45, 2.75) is 88.9 Å². The van der Waals surface area contributed by atoms with Crippen molar-refractivity contribution < 1.29 is 30.4 Å². The number of rotatable bonds is 10. The molecule has 2 heterocycles. The summed E-state index contributed by atoms with van der Waals surface area (Å²) in [6.45, 7) is 6.71. The number of hydrogen-bond donors (Lipinski definition) is 1. The summed E-state index contributed by atoms with van der Waals surface area (Å²) in [5, 5.41) is 6.36. The van der Waals surface area contributed by atoms with Crippen molar-refractivity contribution in [3.8, 4) is 0 Å². The molecule has 4 rings (SSSR count). The maximum absolute atomic E-state index is 15.3. The molecular weight excluding hydrogens is 600 g/mol. The summed E-state index contributed by atoms with van der Waals surface area (Å²) in [5.74, 6) is -2.64. The van der Waals surface area contributed by atoms with Crippen molar-refractivity contribution in [3.63, 3.8) is 0 Å². The molecular formula is C28H33ClF4N4O4S. The molecule has 1 aromatic heterocycles. The lowest BCUT2D eigenvalue weighted by Gasteiger charge is -2.45. The van der Waals surface area contributed by atoms with Crippen LogP contribution in [0.1, 0.15) is 80.5 Å². The Labute approximate surface area is 246 Å². The highest BCUT2D eigenvalue weighted by Crippen LogP contribution is 2.46. The van der Waals surface area contributed by atoms with Crippen molar-refractivity contribution in [1.29, 1.82) is 0 Å². The summed E-state index contributed by atoms with van der Waals surface area (Å²) in [7, 11) is -4.34. The monoisotopic (exact) mass is 632 g/mol. The minimum Gasteiger partial charge on any atom is -0.391 e. The molecule has 0 unspecified atom stereocenters. The van der Waals surface area contributed by atoms with Crippen molar-refractivity contribution >= 4 is 27.3 Å². The third-order valence-electron chi connectivity index (χ3n) is 7.85. The lowest BCUT2D eigenvalue weighted by Crippen LogP contribution is -2.52. The molecule has 1 N–H and O–H groups in total. The van der Waals surface area contributed by atoms with Gasteiger partial charge in [-0.25, -0.2) is 22.7 Å². The van der Waals surface area contributed by atoms with Gasteiger partial charge in [-0.05, 0) is 74.1 Å². The molecule has 0 aliphatic carbocycles. The van der Waals surface area contributed by atoms with E-state index >= 15 is 4.39 Å². The van der Waals surface area contributed by atoms with Gasteiger partial charge in [0.25, 0.3) is 0 Å². The molecule has 2 aromatic carbocycles. The van der Waals surface area contributed by atoms with Crippen LogP contribution in [0.15, 0.2) is 44.4 Å². The van der Waals surface area contributed by atoms with Crippen LogP contribution in [-0.2, 0) is 10.0 Å². The Morgan fingerprint density at radius 1 is 1.17 bits per heavy atom. The summed E-state index contributed by atoms with van der Waals surface area (Å²) in [6.07, 6.45) is -4.23. The predicted octanol–water partition coefficient (Wildman–Crippen LogP) is 6.99. The summed E-state index contributed by atoms with van der Waals surface area (Å²) in [5.41, 5.74) is 1.86. The van der Waals surface area contributed by atoms with Crippen LogP contribution < -0.4 is 10.7 Å². The predicted molar refractivity (Wildman–Crippen MR) is 151 cm³/mol. The van der Waals surface area contributed by atoms with Crippen LogP contribution in [-0.4, -0.2) is 41.8 Å². The fraction of sp³-hybridized carbons (Fsp3) is 0.500. The molecule has 0 saturated heterocycles. The first-order valence-corrected chi connectivity index (χ1v) is 15.4. The molecule has 1 aliphatic rings. The number of alkyl halides is 3. The first-order valence-electron chi connectivity index (χ1n) is 13.6. The highest BCUT2D eigenvalue weighted by Gasteiger charge is 2.46. The van der Waals surface area contributed by atoms with Crippen LogP contribution in [0.5, 0.6) is 0 Å². The average molecular weight is 633 g/mol. The fourth-order valence-electron chi connectivity index (χ4n) is 5.71. The lowest BCUT2D eigenvalue weighted by molar-refractivity contribution is -0.135. The number of benzene rings is 2. The average Bonchev–Trinajstić information content (AvgIpc) is 3.32. The van der Waals surface area contributed by atoms with Gasteiger partial charge in [-0.2, -0.15) is 17.5 Å². The van der Waals surface area contributed by atoms with Crippen LogP contribution in [0.3, 0.4) is 0 Å². The second kappa shape index (κ2) is 12.4. The number of H-pyrrole nitrogens is 1. The molecule has 3 aromatic rings. The van der Waals surface area contributed by atoms with E-state index in [0.29, 0.717) is 18.4 Å². The number of halogens is 5. The maximum Gasteiger partial charge on any atom is 0.434 e. The van der Waals surface area contributed by atoms with Gasteiger partial charge in [0.05, 0.1) is 12.4 Å². The standard InChI is InChI=1S/C28H33ClF4N4O4S/c1-5-7-20(8-6-13-28(31,32)33)36-15-37(42(39,40)23-12-10-19(29)14-22(23)36)25(26-34-35-27(38)41-26)18(4)24-17(3)16(2)9-11-21(24)30/h9-12,14,18,20,25H,5-8,13,15H2,1-4H3,(H,35,38)/t18-,20+,25+/m1/s1. The topological polar surface area (TPSA) is 99.5 Å². The number of anilines is 1. The second-order valence-corrected chi connectivity index (χ2v) is 12.9. The van der Waals surface area contributed by atoms with Gasteiger partial charge in [-0.1, -0.05) is 37.9 Å². The largest absolute Gasteiger partial charge is 0.434 e. The van der Waals surface area contributed by atoms with Crippen molar-refractivity contribution in [1.82, 2.24) is 14.5 Å². The number of nitrogens with one attached hydrogen (secondary N) is 1. The third-order valence-corrected chi connectivity index (χ3v) is 9.94. The molecule has 42 heavy (non-hydrogen) atoms. The Morgan fingerprint density at radius 3 is 2.50 bits per heavy atom. The molecule has 0 spiro atoms. The van der Waals surface area contributed by atoms with Crippen LogP contribution in [0.25, 0.3) is 0 Å². The van der Waals surface area contributed by atoms with Gasteiger partial charge < -0.3 is 9.32 Å². The molecule has 3 atom stereocenters. The molecule has 8 nitrogen and oxygen atoms in total. The normalized spacial score (nSPS) is 17.6. The van der Waals surface area contributed by atoms with Crippen molar-refractivity contribution in [2.24, 2.45) is 0 Å². The Bertz CT molecular complexity index is 1590. The Morgan fingerprint density at radius 2 is 1.88 bits per heavy atom. The molecule has 1 aliphatic heterocycles. The van der Waals surface area contributed by atoms with E-state index in [4.69, 9.17) is 16.0 Å². The molecule has 230 valence electrons. The summed E-state index contributed by atoms with van der Waals surface area (Å²) in [4.78, 5) is 13.6. The number of aromatic nitrogens is 2. The quantitative estimate of drug-likeness (QED) is 0.242. The third kappa shape index (κ3) is 6.52. The van der Waals surface area contributed by atoms with Crippen LogP contribution in [0.4, 0.5) is 23.2 Å². The molecule has 0 saturated carbocycles. The van der Waals surface area contributed by atoms with Gasteiger partial charge in [0, 0.05) is 23.4 Å². The molecule has 14 heteroatoms. The lowest BCUT2D eigenvalue weighted by atomic mass is 9.87. The van der Waals surface area contributed by atoms with Crippen molar-refractivity contribution in [3.05, 3.63) is 74.3 Å². The number of hydrogen-bond acceptors (Lipinski definition) is 6. The number of aryl methyl sites for hydroxylation is 1. The molecule has 0 amide bonds. The van der Waals surface area contributed by atoms with Crippen LogP contribution in [0.2, 0.25) is 5.02 Å². The van der Waals surface area contributed by atoms with Crippen LogP contribution >= 0.6 is 11.6 Å². The molecule has 0 bridgehead atoms. The van der Waals surface area contributed by atoms with E-state index in [2.05, 4.69) is 10.2 Å². The SMILES string of the molecule is CCC[C@@H](CCCC(F)(F)F)N1CN([C@H](c2n[nH]c(=O)o2)[C@H](C)c2c(F)ccc(C)c2C)S(=O)(=O)c2ccc(Cl)cc21. The van der Waals surface area contributed by atoms with E-state index in [1.807, 2.05) is 6.92 Å². The second-order valence-electron chi connectivity index (χ2n) is 10.7. The zero-order chi connectivity index (χ0) is 31.0. The van der Waals surface area contributed by atoms with Gasteiger partial charge in [-0.3, -0.25) is 0 Å². The number of nitrogens with zero attached hydrogens (tertiary/aromatic N) is 3. The summed E-state index contributed by atoms with van der Waals surface area (Å²) >= 11 is 6.27. The smallest absolute Gasteiger partial charge is 0.391 e. The zero-order valence-electron chi connectivity index (χ0n) is 23.6. The van der Waals surface area contributed by atoms with E-state index < -0.39 is 52.2 Å². The van der Waals surface area contributed by atoms with Crippen molar-refractivity contribution in [2.75, 3.05) is 11.6 Å². The summed E-state index contributed by atoms with van der Waals surface area (Å²) < 4.78 is 89.3. The highest BCUT2D eigenvalue weighted by atomic mass is 35.5. The Balaban J connectivity index is 1.89. The first kappa shape index (κ1) is 32.0. The number of sulfonamides is 1. The maximum atomic E-state index is 15.3. The van der Waals surface area contributed by atoms with Gasteiger partial charge in [-0.15, -0.1) is 5.10 Å².